The standard InChI is InChI=1S/C23H27FN4O4S/c24-19-16-17(9-10-20(19)28-12-14-32-15-13-28)26-22(29)8-2-1-5-11-25-23-18-6-3-4-7-21(18)33(30,31)27-23/h3-4,6-7,9-10,16H,1-2,5,8,11-15H2,(H,25,27)(H,26,29). The maximum absolute atomic E-state index is 14.5. The van der Waals surface area contributed by atoms with Crippen molar-refractivity contribution in [2.24, 2.45) is 4.99 Å². The third kappa shape index (κ3) is 5.69. The first-order valence-corrected chi connectivity index (χ1v) is 12.5. The Hall–Kier alpha value is -2.98. The SMILES string of the molecule is O=C(CCCCCN=C1NS(=O)(=O)c2ccccc21)Nc1ccc(N2CCOCC2)c(F)c1. The molecule has 8 nitrogen and oxygen atoms in total. The zero-order valence-electron chi connectivity index (χ0n) is 18.2. The Labute approximate surface area is 192 Å². The van der Waals surface area contributed by atoms with Crippen LogP contribution in [0.4, 0.5) is 15.8 Å². The topological polar surface area (TPSA) is 100 Å². The van der Waals surface area contributed by atoms with Crippen LogP contribution in [0.3, 0.4) is 0 Å². The fourth-order valence-electron chi connectivity index (χ4n) is 3.89. The number of hydrogen-bond donors (Lipinski definition) is 2. The number of morpholine rings is 1. The van der Waals surface area contributed by atoms with Crippen molar-refractivity contribution in [3.63, 3.8) is 0 Å². The molecule has 1 amide bonds. The zero-order valence-corrected chi connectivity index (χ0v) is 19.0. The number of rotatable bonds is 8. The monoisotopic (exact) mass is 474 g/mol. The summed E-state index contributed by atoms with van der Waals surface area (Å²) < 4.78 is 46.4. The number of anilines is 2. The number of fused-ring (bicyclic) bond motifs is 1. The first-order valence-electron chi connectivity index (χ1n) is 11.0. The summed E-state index contributed by atoms with van der Waals surface area (Å²) in [5.74, 6) is -0.166. The quantitative estimate of drug-likeness (QED) is 0.573. The minimum atomic E-state index is -3.52. The Balaban J connectivity index is 1.19. The van der Waals surface area contributed by atoms with Gasteiger partial charge in [-0.3, -0.25) is 14.5 Å². The van der Waals surface area contributed by atoms with Crippen LogP contribution in [0.5, 0.6) is 0 Å². The molecule has 0 radical (unpaired) electrons. The van der Waals surface area contributed by atoms with E-state index in [1.165, 1.54) is 6.07 Å². The molecule has 0 atom stereocenters. The Morgan fingerprint density at radius 3 is 2.70 bits per heavy atom. The number of aliphatic imine (C=N–C) groups is 1. The number of halogens is 1. The van der Waals surface area contributed by atoms with Crippen LogP contribution >= 0.6 is 0 Å². The number of nitrogens with one attached hydrogen (secondary N) is 2. The number of nitrogens with zero attached hydrogens (tertiary/aromatic N) is 2. The molecule has 0 aliphatic carbocycles. The number of amides is 1. The molecule has 2 aromatic carbocycles. The molecule has 0 unspecified atom stereocenters. The molecule has 2 aromatic rings. The van der Waals surface area contributed by atoms with Crippen LogP contribution in [0.15, 0.2) is 52.4 Å². The van der Waals surface area contributed by atoms with Crippen molar-refractivity contribution in [3.8, 4) is 0 Å². The third-order valence-electron chi connectivity index (χ3n) is 5.58. The average Bonchev–Trinajstić information content (AvgIpc) is 3.07. The van der Waals surface area contributed by atoms with Gasteiger partial charge in [-0.15, -0.1) is 0 Å². The van der Waals surface area contributed by atoms with Crippen LogP contribution in [0.1, 0.15) is 31.2 Å². The summed E-state index contributed by atoms with van der Waals surface area (Å²) in [6.45, 7) is 2.90. The number of carbonyl (C=O) groups excluding carboxylic acids is 1. The average molecular weight is 475 g/mol. The summed E-state index contributed by atoms with van der Waals surface area (Å²) in [5, 5.41) is 2.74. The van der Waals surface area contributed by atoms with E-state index in [-0.39, 0.29) is 16.6 Å². The molecular weight excluding hydrogens is 447 g/mol. The van der Waals surface area contributed by atoms with Gasteiger partial charge in [0.05, 0.1) is 23.8 Å². The second kappa shape index (κ2) is 10.3. The lowest BCUT2D eigenvalue weighted by Gasteiger charge is -2.29. The minimum absolute atomic E-state index is 0.169. The van der Waals surface area contributed by atoms with Crippen LogP contribution < -0.4 is 14.9 Å². The fraction of sp³-hybridized carbons (Fsp3) is 0.391. The van der Waals surface area contributed by atoms with Crippen LogP contribution in [-0.2, 0) is 19.6 Å². The Morgan fingerprint density at radius 1 is 1.12 bits per heavy atom. The summed E-state index contributed by atoms with van der Waals surface area (Å²) >= 11 is 0. The molecule has 10 heteroatoms. The summed E-state index contributed by atoms with van der Waals surface area (Å²) in [6.07, 6.45) is 2.47. The van der Waals surface area contributed by atoms with Crippen molar-refractivity contribution in [2.75, 3.05) is 43.1 Å². The third-order valence-corrected chi connectivity index (χ3v) is 6.97. The highest BCUT2D eigenvalue weighted by atomic mass is 32.2. The van der Waals surface area contributed by atoms with Gasteiger partial charge in [-0.05, 0) is 43.2 Å². The summed E-state index contributed by atoms with van der Waals surface area (Å²) in [7, 11) is -3.52. The van der Waals surface area contributed by atoms with Gasteiger partial charge in [0.1, 0.15) is 11.7 Å². The van der Waals surface area contributed by atoms with Crippen molar-refractivity contribution in [1.82, 2.24) is 4.72 Å². The number of sulfonamides is 1. The number of ether oxygens (including phenoxy) is 1. The first-order chi connectivity index (χ1) is 15.9. The number of amidine groups is 1. The minimum Gasteiger partial charge on any atom is -0.378 e. The van der Waals surface area contributed by atoms with E-state index in [0.717, 1.165) is 12.8 Å². The molecule has 0 spiro atoms. The molecular formula is C23H27FN4O4S. The molecule has 0 saturated carbocycles. The van der Waals surface area contributed by atoms with Gasteiger partial charge in [-0.25, -0.2) is 12.8 Å². The second-order valence-electron chi connectivity index (χ2n) is 7.96. The molecule has 2 heterocycles. The van der Waals surface area contributed by atoms with E-state index >= 15 is 0 Å². The molecule has 33 heavy (non-hydrogen) atoms. The number of benzene rings is 2. The van der Waals surface area contributed by atoms with Gasteiger partial charge in [0, 0.05) is 37.3 Å². The van der Waals surface area contributed by atoms with E-state index in [0.29, 0.717) is 68.5 Å². The highest BCUT2D eigenvalue weighted by Gasteiger charge is 2.29. The van der Waals surface area contributed by atoms with Crippen molar-refractivity contribution >= 4 is 33.1 Å². The molecule has 1 fully saturated rings. The van der Waals surface area contributed by atoms with Crippen molar-refractivity contribution in [1.29, 1.82) is 0 Å². The van der Waals surface area contributed by atoms with Gasteiger partial charge < -0.3 is 15.0 Å². The lowest BCUT2D eigenvalue weighted by atomic mass is 10.1. The maximum Gasteiger partial charge on any atom is 0.263 e. The Kier molecular flexibility index (Phi) is 7.24. The first kappa shape index (κ1) is 23.2. The summed E-state index contributed by atoms with van der Waals surface area (Å²) in [6, 6.07) is 11.5. The van der Waals surface area contributed by atoms with Crippen LogP contribution in [0.25, 0.3) is 0 Å². The smallest absolute Gasteiger partial charge is 0.263 e. The van der Waals surface area contributed by atoms with E-state index in [1.807, 2.05) is 4.90 Å². The van der Waals surface area contributed by atoms with Gasteiger partial charge in [0.2, 0.25) is 5.91 Å². The van der Waals surface area contributed by atoms with Gasteiger partial charge in [0.25, 0.3) is 10.0 Å². The number of hydrogen-bond acceptors (Lipinski definition) is 6. The lowest BCUT2D eigenvalue weighted by Crippen LogP contribution is -2.36. The van der Waals surface area contributed by atoms with E-state index < -0.39 is 10.0 Å². The van der Waals surface area contributed by atoms with Gasteiger partial charge in [-0.1, -0.05) is 18.6 Å². The van der Waals surface area contributed by atoms with Gasteiger partial charge in [-0.2, -0.15) is 0 Å². The molecule has 2 N–H and O–H groups in total. The maximum atomic E-state index is 14.5. The molecule has 4 rings (SSSR count). The number of unbranched alkanes of at least 4 members (excludes halogenated alkanes) is 2. The van der Waals surface area contributed by atoms with E-state index in [1.54, 1.807) is 36.4 Å². The van der Waals surface area contributed by atoms with Crippen LogP contribution in [0.2, 0.25) is 0 Å². The Morgan fingerprint density at radius 2 is 1.91 bits per heavy atom. The number of carbonyl (C=O) groups is 1. The normalized spacial score (nSPS) is 18.1. The molecule has 0 aromatic heterocycles. The highest BCUT2D eigenvalue weighted by Crippen LogP contribution is 2.24. The zero-order chi connectivity index (χ0) is 23.3. The fourth-order valence-corrected chi connectivity index (χ4v) is 5.14. The van der Waals surface area contributed by atoms with Crippen molar-refractivity contribution in [2.45, 2.75) is 30.6 Å². The molecule has 176 valence electrons. The lowest BCUT2D eigenvalue weighted by molar-refractivity contribution is -0.116. The molecule has 2 aliphatic rings. The Bertz CT molecular complexity index is 1150. The van der Waals surface area contributed by atoms with Gasteiger partial charge in [0.15, 0.2) is 0 Å². The van der Waals surface area contributed by atoms with Crippen LogP contribution in [0, 0.1) is 5.82 Å². The highest BCUT2D eigenvalue weighted by molar-refractivity contribution is 7.90. The predicted octanol–water partition coefficient (Wildman–Crippen LogP) is 2.90. The van der Waals surface area contributed by atoms with Crippen molar-refractivity contribution < 1.29 is 22.3 Å². The summed E-state index contributed by atoms with van der Waals surface area (Å²) in [5.41, 5.74) is 1.54. The van der Waals surface area contributed by atoms with E-state index in [2.05, 4.69) is 15.0 Å². The summed E-state index contributed by atoms with van der Waals surface area (Å²) in [4.78, 5) is 18.7. The van der Waals surface area contributed by atoms with E-state index in [9.17, 15) is 17.6 Å². The van der Waals surface area contributed by atoms with Crippen LogP contribution in [-0.4, -0.2) is 53.0 Å². The molecule has 1 saturated heterocycles. The largest absolute Gasteiger partial charge is 0.378 e. The van der Waals surface area contributed by atoms with E-state index in [4.69, 9.17) is 4.74 Å². The van der Waals surface area contributed by atoms with Gasteiger partial charge >= 0.3 is 0 Å². The predicted molar refractivity (Wildman–Crippen MR) is 125 cm³/mol. The molecule has 0 bridgehead atoms. The molecule has 2 aliphatic heterocycles. The van der Waals surface area contributed by atoms with Crippen molar-refractivity contribution in [3.05, 3.63) is 53.8 Å². The second-order valence-corrected chi connectivity index (χ2v) is 9.61.